The second-order valence-corrected chi connectivity index (χ2v) is 5.24. The van der Waals surface area contributed by atoms with E-state index >= 15 is 0 Å². The largest absolute Gasteiger partial charge is 0.397 e. The number of rotatable bonds is 3. The summed E-state index contributed by atoms with van der Waals surface area (Å²) in [6.07, 6.45) is 0. The molecule has 0 saturated heterocycles. The number of nitrogens with two attached hydrogens (primary N) is 1. The van der Waals surface area contributed by atoms with Crippen LogP contribution in [-0.4, -0.2) is 10.7 Å². The monoisotopic (exact) mass is 235 g/mol. The fourth-order valence-electron chi connectivity index (χ4n) is 1.32. The zero-order valence-electron chi connectivity index (χ0n) is 10.2. The van der Waals surface area contributed by atoms with Gasteiger partial charge in [-0.1, -0.05) is 13.8 Å². The van der Waals surface area contributed by atoms with Crippen LogP contribution in [0.4, 0.5) is 5.69 Å². The number of hydrogen-bond acceptors (Lipinski definition) is 4. The van der Waals surface area contributed by atoms with Crippen molar-refractivity contribution in [2.75, 3.05) is 11.5 Å². The zero-order chi connectivity index (χ0) is 12.3. The Hall–Kier alpha value is -1.21. The van der Waals surface area contributed by atoms with Gasteiger partial charge in [-0.3, -0.25) is 0 Å². The third-order valence-electron chi connectivity index (χ3n) is 2.32. The lowest BCUT2D eigenvalue weighted by Crippen LogP contribution is -2.03. The number of aromatic nitrogens is 1. The molecule has 0 unspecified atom stereocenters. The highest BCUT2D eigenvalue weighted by molar-refractivity contribution is 7.99. The van der Waals surface area contributed by atoms with E-state index in [1.165, 1.54) is 0 Å². The highest BCUT2D eigenvalue weighted by atomic mass is 32.2. The Morgan fingerprint density at radius 3 is 2.56 bits per heavy atom. The predicted molar refractivity (Wildman–Crippen MR) is 68.4 cm³/mol. The maximum atomic E-state index is 9.12. The highest BCUT2D eigenvalue weighted by Gasteiger charge is 2.13. The van der Waals surface area contributed by atoms with E-state index in [4.69, 9.17) is 11.0 Å². The topological polar surface area (TPSA) is 62.7 Å². The number of pyridine rings is 1. The molecule has 16 heavy (non-hydrogen) atoms. The molecule has 0 bridgehead atoms. The molecule has 0 spiro atoms. The van der Waals surface area contributed by atoms with Crippen molar-refractivity contribution in [3.05, 3.63) is 16.8 Å². The minimum atomic E-state index is 0.580. The Bertz CT molecular complexity index is 433. The molecular weight excluding hydrogens is 218 g/mol. The third-order valence-corrected chi connectivity index (χ3v) is 3.72. The van der Waals surface area contributed by atoms with E-state index in [1.807, 2.05) is 13.8 Å². The average Bonchev–Trinajstić information content (AvgIpc) is 2.23. The maximum Gasteiger partial charge on any atom is 0.115 e. The van der Waals surface area contributed by atoms with Gasteiger partial charge < -0.3 is 5.73 Å². The first-order valence-electron chi connectivity index (χ1n) is 5.27. The Morgan fingerprint density at radius 2 is 2.06 bits per heavy atom. The first-order valence-corrected chi connectivity index (χ1v) is 6.25. The van der Waals surface area contributed by atoms with Crippen LogP contribution >= 0.6 is 11.8 Å². The van der Waals surface area contributed by atoms with Crippen molar-refractivity contribution in [1.82, 2.24) is 4.98 Å². The molecule has 86 valence electrons. The van der Waals surface area contributed by atoms with Gasteiger partial charge in [0.25, 0.3) is 0 Å². The van der Waals surface area contributed by atoms with Gasteiger partial charge in [-0.15, -0.1) is 11.8 Å². The molecule has 0 amide bonds. The van der Waals surface area contributed by atoms with Crippen molar-refractivity contribution < 1.29 is 0 Å². The first-order chi connectivity index (χ1) is 7.47. The van der Waals surface area contributed by atoms with E-state index in [9.17, 15) is 0 Å². The zero-order valence-corrected chi connectivity index (χ0v) is 11.0. The number of nitrogens with zero attached hydrogens (tertiary/aromatic N) is 2. The Balaban J connectivity index is 3.14. The van der Waals surface area contributed by atoms with E-state index in [0.717, 1.165) is 22.0 Å². The predicted octanol–water partition coefficient (Wildman–Crippen LogP) is 2.90. The van der Waals surface area contributed by atoms with Crippen LogP contribution in [0.15, 0.2) is 5.03 Å². The molecule has 1 heterocycles. The molecule has 0 fully saturated rings. The summed E-state index contributed by atoms with van der Waals surface area (Å²) < 4.78 is 0. The van der Waals surface area contributed by atoms with E-state index in [0.29, 0.717) is 17.2 Å². The molecule has 3 nitrogen and oxygen atoms in total. The first kappa shape index (κ1) is 12.9. The van der Waals surface area contributed by atoms with E-state index in [-0.39, 0.29) is 0 Å². The molecule has 2 N–H and O–H groups in total. The van der Waals surface area contributed by atoms with Crippen LogP contribution in [0.1, 0.15) is 30.7 Å². The molecule has 0 aliphatic rings. The van der Waals surface area contributed by atoms with Crippen LogP contribution in [0.25, 0.3) is 0 Å². The lowest BCUT2D eigenvalue weighted by Gasteiger charge is -2.11. The molecule has 1 rings (SSSR count). The van der Waals surface area contributed by atoms with Gasteiger partial charge in [-0.2, -0.15) is 5.26 Å². The summed E-state index contributed by atoms with van der Waals surface area (Å²) in [5, 5.41) is 9.93. The lowest BCUT2D eigenvalue weighted by molar-refractivity contribution is 0.749. The molecule has 1 aromatic heterocycles. The molecule has 4 heteroatoms. The fraction of sp³-hybridized carbons (Fsp3) is 0.500. The molecule has 0 saturated carbocycles. The van der Waals surface area contributed by atoms with Crippen LogP contribution in [0.5, 0.6) is 0 Å². The second-order valence-electron chi connectivity index (χ2n) is 4.23. The van der Waals surface area contributed by atoms with Crippen molar-refractivity contribution in [3.8, 4) is 6.07 Å². The average molecular weight is 235 g/mol. The van der Waals surface area contributed by atoms with Crippen molar-refractivity contribution in [3.63, 3.8) is 0 Å². The molecular formula is C12H17N3S. The van der Waals surface area contributed by atoms with Crippen molar-refractivity contribution in [1.29, 1.82) is 5.26 Å². The second kappa shape index (κ2) is 5.22. The van der Waals surface area contributed by atoms with E-state index in [2.05, 4.69) is 24.9 Å². The summed E-state index contributed by atoms with van der Waals surface area (Å²) in [7, 11) is 0. The van der Waals surface area contributed by atoms with E-state index in [1.54, 1.807) is 11.8 Å². The number of anilines is 1. The number of nitrogen functional groups attached to an aromatic ring is 1. The molecule has 1 aromatic rings. The van der Waals surface area contributed by atoms with Gasteiger partial charge in [0, 0.05) is 5.75 Å². The Labute approximate surface area is 101 Å². The van der Waals surface area contributed by atoms with Gasteiger partial charge in [0.05, 0.1) is 16.9 Å². The minimum Gasteiger partial charge on any atom is -0.397 e. The van der Waals surface area contributed by atoms with Crippen LogP contribution in [-0.2, 0) is 0 Å². The van der Waals surface area contributed by atoms with Gasteiger partial charge >= 0.3 is 0 Å². The smallest absolute Gasteiger partial charge is 0.115 e. The minimum absolute atomic E-state index is 0.580. The van der Waals surface area contributed by atoms with Gasteiger partial charge in [0.15, 0.2) is 0 Å². The van der Waals surface area contributed by atoms with Crippen LogP contribution < -0.4 is 5.73 Å². The number of aryl methyl sites for hydroxylation is 1. The van der Waals surface area contributed by atoms with Crippen LogP contribution in [0, 0.1) is 31.1 Å². The SMILES string of the molecule is Cc1nc(SCC(C)C)c(C#N)c(C)c1N. The molecule has 0 radical (unpaired) electrons. The number of thioether (sulfide) groups is 1. The molecule has 0 atom stereocenters. The maximum absolute atomic E-state index is 9.12. The third kappa shape index (κ3) is 2.67. The van der Waals surface area contributed by atoms with Crippen molar-refractivity contribution >= 4 is 17.4 Å². The quantitative estimate of drug-likeness (QED) is 0.818. The number of hydrogen-bond donors (Lipinski definition) is 1. The summed E-state index contributed by atoms with van der Waals surface area (Å²) in [5.41, 5.74) is 8.77. The Morgan fingerprint density at radius 1 is 1.44 bits per heavy atom. The lowest BCUT2D eigenvalue weighted by atomic mass is 10.1. The van der Waals surface area contributed by atoms with Crippen molar-refractivity contribution in [2.45, 2.75) is 32.7 Å². The fourth-order valence-corrected chi connectivity index (χ4v) is 2.35. The van der Waals surface area contributed by atoms with Crippen LogP contribution in [0.2, 0.25) is 0 Å². The molecule has 0 aliphatic carbocycles. The highest BCUT2D eigenvalue weighted by Crippen LogP contribution is 2.28. The summed E-state index contributed by atoms with van der Waals surface area (Å²) in [4.78, 5) is 4.39. The molecule has 0 aliphatic heterocycles. The molecule has 0 aromatic carbocycles. The van der Waals surface area contributed by atoms with Crippen LogP contribution in [0.3, 0.4) is 0 Å². The van der Waals surface area contributed by atoms with Gasteiger partial charge in [0.2, 0.25) is 0 Å². The van der Waals surface area contributed by atoms with Crippen molar-refractivity contribution in [2.24, 2.45) is 5.92 Å². The standard InChI is InChI=1S/C12H17N3S/c1-7(2)6-16-12-10(5-13)8(3)11(14)9(4)15-12/h7H,6,14H2,1-4H3. The van der Waals surface area contributed by atoms with Gasteiger partial charge in [-0.05, 0) is 25.3 Å². The summed E-state index contributed by atoms with van der Waals surface area (Å²) in [5.74, 6) is 1.54. The van der Waals surface area contributed by atoms with Gasteiger partial charge in [-0.25, -0.2) is 4.98 Å². The Kier molecular flexibility index (Phi) is 4.19. The summed E-state index contributed by atoms with van der Waals surface area (Å²) in [6.45, 7) is 8.05. The van der Waals surface area contributed by atoms with E-state index < -0.39 is 0 Å². The number of nitriles is 1. The summed E-state index contributed by atoms with van der Waals surface area (Å²) in [6, 6.07) is 2.19. The summed E-state index contributed by atoms with van der Waals surface area (Å²) >= 11 is 1.63. The normalized spacial score (nSPS) is 10.5. The van der Waals surface area contributed by atoms with Gasteiger partial charge in [0.1, 0.15) is 11.1 Å².